The molecule has 0 fully saturated rings. The summed E-state index contributed by atoms with van der Waals surface area (Å²) in [5.41, 5.74) is 7.59. The molecule has 0 atom stereocenters. The van der Waals surface area contributed by atoms with Crippen molar-refractivity contribution in [1.82, 2.24) is 0 Å². The van der Waals surface area contributed by atoms with Crippen LogP contribution < -0.4 is 10.5 Å². The summed E-state index contributed by atoms with van der Waals surface area (Å²) in [6, 6.07) is 16.3. The Kier molecular flexibility index (Phi) is 6.21. The molecular formula is C18H19NOS. The van der Waals surface area contributed by atoms with Gasteiger partial charge in [-0.3, -0.25) is 0 Å². The maximum atomic E-state index is 5.75. The molecule has 3 heteroatoms. The first-order chi connectivity index (χ1) is 10.3. The Balaban J connectivity index is 1.79. The van der Waals surface area contributed by atoms with Crippen LogP contribution in [0.25, 0.3) is 0 Å². The first-order valence-corrected chi connectivity index (χ1v) is 7.88. The number of ether oxygens (including phenoxy) is 1. The lowest BCUT2D eigenvalue weighted by atomic mass is 10.2. The highest BCUT2D eigenvalue weighted by Crippen LogP contribution is 2.19. The lowest BCUT2D eigenvalue weighted by molar-refractivity contribution is 0.344. The lowest BCUT2D eigenvalue weighted by Gasteiger charge is -2.06. The molecule has 2 nitrogen and oxygen atoms in total. The third kappa shape index (κ3) is 5.55. The molecule has 108 valence electrons. The van der Waals surface area contributed by atoms with Crippen molar-refractivity contribution in [3.8, 4) is 17.6 Å². The van der Waals surface area contributed by atoms with Gasteiger partial charge in [0.15, 0.2) is 0 Å². The molecule has 2 rings (SSSR count). The molecule has 0 aliphatic heterocycles. The number of benzene rings is 2. The van der Waals surface area contributed by atoms with Gasteiger partial charge < -0.3 is 10.5 Å². The van der Waals surface area contributed by atoms with Gasteiger partial charge in [0, 0.05) is 16.2 Å². The zero-order chi connectivity index (χ0) is 14.9. The van der Waals surface area contributed by atoms with Crippen LogP contribution in [0.2, 0.25) is 0 Å². The third-order valence-electron chi connectivity index (χ3n) is 2.81. The first-order valence-electron chi connectivity index (χ1n) is 6.89. The molecule has 0 spiro atoms. The third-order valence-corrected chi connectivity index (χ3v) is 3.79. The van der Waals surface area contributed by atoms with E-state index >= 15 is 0 Å². The first kappa shape index (κ1) is 15.5. The highest BCUT2D eigenvalue weighted by molar-refractivity contribution is 7.99. The highest BCUT2D eigenvalue weighted by atomic mass is 32.2. The molecule has 0 aromatic heterocycles. The Morgan fingerprint density at radius 2 is 1.95 bits per heavy atom. The molecule has 0 radical (unpaired) electrons. The minimum Gasteiger partial charge on any atom is -0.493 e. The number of aryl methyl sites for hydroxylation is 1. The number of rotatable bonds is 5. The number of nitrogens with two attached hydrogens (primary N) is 1. The van der Waals surface area contributed by atoms with Crippen LogP contribution in [0.3, 0.4) is 0 Å². The normalized spacial score (nSPS) is 9.81. The summed E-state index contributed by atoms with van der Waals surface area (Å²) in [7, 11) is 0. The molecule has 2 N–H and O–H groups in total. The number of hydrogen-bond donors (Lipinski definition) is 1. The second-order valence-electron chi connectivity index (χ2n) is 4.54. The van der Waals surface area contributed by atoms with E-state index in [1.165, 1.54) is 10.5 Å². The Hall–Kier alpha value is -1.89. The van der Waals surface area contributed by atoms with E-state index in [9.17, 15) is 0 Å². The standard InChI is InChI=1S/C18H19NOS/c1-15-7-9-18(10-8-15)21-13-12-20-17-6-2-4-16(14-17)5-3-11-19/h2,4,6-10,14H,11-13,19H2,1H3. The number of thioether (sulfide) groups is 1. The highest BCUT2D eigenvalue weighted by Gasteiger charge is 1.97. The maximum absolute atomic E-state index is 5.75. The summed E-state index contributed by atoms with van der Waals surface area (Å²) in [6.07, 6.45) is 0. The van der Waals surface area contributed by atoms with Gasteiger partial charge in [0.2, 0.25) is 0 Å². The van der Waals surface area contributed by atoms with Crippen LogP contribution >= 0.6 is 11.8 Å². The zero-order valence-corrected chi connectivity index (χ0v) is 13.0. The van der Waals surface area contributed by atoms with E-state index in [4.69, 9.17) is 10.5 Å². The van der Waals surface area contributed by atoms with E-state index < -0.39 is 0 Å². The van der Waals surface area contributed by atoms with Crippen molar-refractivity contribution < 1.29 is 4.74 Å². The molecule has 0 aliphatic rings. The molecule has 0 amide bonds. The average Bonchev–Trinajstić information content (AvgIpc) is 2.52. The van der Waals surface area contributed by atoms with Gasteiger partial charge >= 0.3 is 0 Å². The zero-order valence-electron chi connectivity index (χ0n) is 12.1. The molecule has 0 heterocycles. The monoisotopic (exact) mass is 297 g/mol. The molecule has 0 aliphatic carbocycles. The van der Waals surface area contributed by atoms with E-state index in [2.05, 4.69) is 43.0 Å². The molecule has 2 aromatic rings. The predicted octanol–water partition coefficient (Wildman–Crippen LogP) is 3.48. The largest absolute Gasteiger partial charge is 0.493 e. The maximum Gasteiger partial charge on any atom is 0.120 e. The fraction of sp³-hybridized carbons (Fsp3) is 0.222. The van der Waals surface area contributed by atoms with Gasteiger partial charge in [0.25, 0.3) is 0 Å². The van der Waals surface area contributed by atoms with Crippen molar-refractivity contribution in [2.75, 3.05) is 18.9 Å². The number of hydrogen-bond acceptors (Lipinski definition) is 3. The van der Waals surface area contributed by atoms with E-state index in [-0.39, 0.29) is 0 Å². The van der Waals surface area contributed by atoms with Gasteiger partial charge in [0.05, 0.1) is 13.2 Å². The van der Waals surface area contributed by atoms with Gasteiger partial charge in [-0.25, -0.2) is 0 Å². The molecule has 0 saturated carbocycles. The van der Waals surface area contributed by atoms with E-state index in [1.54, 1.807) is 11.8 Å². The van der Waals surface area contributed by atoms with E-state index in [0.717, 1.165) is 17.1 Å². The Morgan fingerprint density at radius 3 is 2.71 bits per heavy atom. The van der Waals surface area contributed by atoms with Crippen LogP contribution in [-0.2, 0) is 0 Å². The second kappa shape index (κ2) is 8.41. The topological polar surface area (TPSA) is 35.2 Å². The van der Waals surface area contributed by atoms with Gasteiger partial charge in [-0.15, -0.1) is 11.8 Å². The van der Waals surface area contributed by atoms with Crippen molar-refractivity contribution >= 4 is 11.8 Å². The quantitative estimate of drug-likeness (QED) is 0.521. The summed E-state index contributed by atoms with van der Waals surface area (Å²) < 4.78 is 5.75. The minimum absolute atomic E-state index is 0.373. The molecular weight excluding hydrogens is 278 g/mol. The van der Waals surface area contributed by atoms with Crippen molar-refractivity contribution in [3.05, 3.63) is 59.7 Å². The summed E-state index contributed by atoms with van der Waals surface area (Å²) in [4.78, 5) is 1.27. The van der Waals surface area contributed by atoms with Crippen LogP contribution in [0, 0.1) is 18.8 Å². The van der Waals surface area contributed by atoms with Gasteiger partial charge in [-0.05, 0) is 37.3 Å². The van der Waals surface area contributed by atoms with Crippen LogP contribution in [0.5, 0.6) is 5.75 Å². The average molecular weight is 297 g/mol. The second-order valence-corrected chi connectivity index (χ2v) is 5.71. The van der Waals surface area contributed by atoms with Crippen LogP contribution in [0.1, 0.15) is 11.1 Å². The molecule has 21 heavy (non-hydrogen) atoms. The van der Waals surface area contributed by atoms with Gasteiger partial charge in [-0.2, -0.15) is 0 Å². The molecule has 2 aromatic carbocycles. The van der Waals surface area contributed by atoms with Crippen molar-refractivity contribution in [3.63, 3.8) is 0 Å². The Labute approximate surface area is 130 Å². The minimum atomic E-state index is 0.373. The van der Waals surface area contributed by atoms with Gasteiger partial charge in [0.1, 0.15) is 5.75 Å². The van der Waals surface area contributed by atoms with Crippen molar-refractivity contribution in [1.29, 1.82) is 0 Å². The van der Waals surface area contributed by atoms with Crippen LogP contribution in [-0.4, -0.2) is 18.9 Å². The van der Waals surface area contributed by atoms with Gasteiger partial charge in [-0.1, -0.05) is 35.6 Å². The smallest absolute Gasteiger partial charge is 0.120 e. The lowest BCUT2D eigenvalue weighted by Crippen LogP contribution is -2.00. The molecule has 0 saturated heterocycles. The van der Waals surface area contributed by atoms with E-state index in [0.29, 0.717) is 13.2 Å². The Morgan fingerprint density at radius 1 is 1.14 bits per heavy atom. The summed E-state index contributed by atoms with van der Waals surface area (Å²) in [6.45, 7) is 3.14. The van der Waals surface area contributed by atoms with E-state index in [1.807, 2.05) is 24.3 Å². The fourth-order valence-corrected chi connectivity index (χ4v) is 2.50. The van der Waals surface area contributed by atoms with Crippen molar-refractivity contribution in [2.24, 2.45) is 5.73 Å². The Bertz CT molecular complexity index is 626. The predicted molar refractivity (Wildman–Crippen MR) is 89.8 cm³/mol. The summed E-state index contributed by atoms with van der Waals surface area (Å²) in [5.74, 6) is 7.62. The molecule has 0 bridgehead atoms. The van der Waals surface area contributed by atoms with Crippen molar-refractivity contribution in [2.45, 2.75) is 11.8 Å². The SMILES string of the molecule is Cc1ccc(SCCOc2cccc(C#CCN)c2)cc1. The fourth-order valence-electron chi connectivity index (χ4n) is 1.77. The molecule has 0 unspecified atom stereocenters. The van der Waals surface area contributed by atoms with Crippen LogP contribution in [0.15, 0.2) is 53.4 Å². The summed E-state index contributed by atoms with van der Waals surface area (Å²) >= 11 is 1.80. The van der Waals surface area contributed by atoms with Crippen LogP contribution in [0.4, 0.5) is 0 Å². The summed E-state index contributed by atoms with van der Waals surface area (Å²) in [5, 5.41) is 0.